The van der Waals surface area contributed by atoms with E-state index in [2.05, 4.69) is 5.32 Å². The number of ether oxygens (including phenoxy) is 1. The number of benzene rings is 3. The number of esters is 1. The highest BCUT2D eigenvalue weighted by atomic mass is 32.2. The molecule has 1 aliphatic heterocycles. The van der Waals surface area contributed by atoms with Gasteiger partial charge in [0.15, 0.2) is 0 Å². The number of para-hydroxylation sites is 1. The lowest BCUT2D eigenvalue weighted by molar-refractivity contribution is -0.120. The minimum absolute atomic E-state index is 0.213. The number of nitrogens with zero attached hydrogens (tertiary/aromatic N) is 1. The molecule has 4 rings (SSSR count). The third-order valence-corrected chi connectivity index (χ3v) is 6.12. The molecule has 172 valence electrons. The smallest absolute Gasteiger partial charge is 0.338 e. The third kappa shape index (κ3) is 5.05. The predicted molar refractivity (Wildman–Crippen MR) is 134 cm³/mol. The van der Waals surface area contributed by atoms with E-state index in [1.54, 1.807) is 38.1 Å². The lowest BCUT2D eigenvalue weighted by Gasteiger charge is -2.16. The lowest BCUT2D eigenvalue weighted by atomic mass is 10.2. The fourth-order valence-electron chi connectivity index (χ4n) is 3.37. The van der Waals surface area contributed by atoms with Crippen LogP contribution >= 0.6 is 11.8 Å². The van der Waals surface area contributed by atoms with Crippen LogP contribution in [0.15, 0.2) is 94.4 Å². The minimum atomic E-state index is -0.458. The van der Waals surface area contributed by atoms with Crippen molar-refractivity contribution in [2.45, 2.75) is 31.8 Å². The molecule has 0 radical (unpaired) electrons. The first-order chi connectivity index (χ1) is 16.3. The summed E-state index contributed by atoms with van der Waals surface area (Å²) in [7, 11) is 0. The second-order valence-electron chi connectivity index (χ2n) is 8.06. The van der Waals surface area contributed by atoms with Gasteiger partial charge < -0.3 is 10.1 Å². The van der Waals surface area contributed by atoms with Gasteiger partial charge in [0.1, 0.15) is 10.6 Å². The molecule has 0 aromatic heterocycles. The SMILES string of the molecule is Cc1ccc(SC2=C(Nc3ccccc3)C(=O)N(c3ccc(C(=O)OC(C)C)cc3)C2=O)cc1. The van der Waals surface area contributed by atoms with E-state index in [-0.39, 0.29) is 11.8 Å². The number of anilines is 2. The van der Waals surface area contributed by atoms with Crippen LogP contribution in [0.4, 0.5) is 11.4 Å². The molecule has 0 fully saturated rings. The summed E-state index contributed by atoms with van der Waals surface area (Å²) in [5.74, 6) is -1.34. The number of hydrogen-bond donors (Lipinski definition) is 1. The van der Waals surface area contributed by atoms with E-state index in [9.17, 15) is 14.4 Å². The number of rotatable bonds is 7. The quantitative estimate of drug-likeness (QED) is 0.359. The van der Waals surface area contributed by atoms with Gasteiger partial charge in [0.05, 0.1) is 17.4 Å². The molecule has 0 saturated heterocycles. The molecule has 0 aliphatic carbocycles. The maximum Gasteiger partial charge on any atom is 0.338 e. The molecule has 3 aromatic rings. The number of carbonyl (C=O) groups is 3. The van der Waals surface area contributed by atoms with Crippen LogP contribution in [0, 0.1) is 6.92 Å². The summed E-state index contributed by atoms with van der Waals surface area (Å²) in [5.41, 5.74) is 2.75. The van der Waals surface area contributed by atoms with Crippen molar-refractivity contribution in [1.82, 2.24) is 0 Å². The average molecular weight is 473 g/mol. The number of carbonyl (C=O) groups excluding carboxylic acids is 3. The fraction of sp³-hybridized carbons (Fsp3) is 0.148. The maximum atomic E-state index is 13.4. The van der Waals surface area contributed by atoms with Gasteiger partial charge in [-0.2, -0.15) is 0 Å². The Morgan fingerprint density at radius 3 is 2.15 bits per heavy atom. The van der Waals surface area contributed by atoms with Crippen molar-refractivity contribution >= 4 is 40.9 Å². The van der Waals surface area contributed by atoms with E-state index >= 15 is 0 Å². The molecular weight excluding hydrogens is 448 g/mol. The first kappa shape index (κ1) is 23.3. The number of nitrogens with one attached hydrogen (secondary N) is 1. The van der Waals surface area contributed by atoms with Crippen molar-refractivity contribution in [2.24, 2.45) is 0 Å². The Bertz CT molecular complexity index is 1250. The van der Waals surface area contributed by atoms with E-state index in [4.69, 9.17) is 4.74 Å². The predicted octanol–water partition coefficient (Wildman–Crippen LogP) is 5.55. The van der Waals surface area contributed by atoms with E-state index in [1.165, 1.54) is 11.8 Å². The first-order valence-electron chi connectivity index (χ1n) is 10.8. The third-order valence-electron chi connectivity index (χ3n) is 5.03. The topological polar surface area (TPSA) is 75.7 Å². The summed E-state index contributed by atoms with van der Waals surface area (Å²) in [6, 6.07) is 23.3. The molecule has 34 heavy (non-hydrogen) atoms. The fourth-order valence-corrected chi connectivity index (χ4v) is 4.29. The zero-order valence-electron chi connectivity index (χ0n) is 19.1. The molecule has 0 bridgehead atoms. The van der Waals surface area contributed by atoms with Crippen LogP contribution in [0.2, 0.25) is 0 Å². The Morgan fingerprint density at radius 1 is 0.882 bits per heavy atom. The number of hydrogen-bond acceptors (Lipinski definition) is 6. The molecule has 0 atom stereocenters. The van der Waals surface area contributed by atoms with Crippen molar-refractivity contribution in [3.05, 3.63) is 101 Å². The zero-order valence-corrected chi connectivity index (χ0v) is 19.9. The Labute approximate surface area is 202 Å². The van der Waals surface area contributed by atoms with Crippen LogP contribution in [0.5, 0.6) is 0 Å². The molecule has 2 amide bonds. The summed E-state index contributed by atoms with van der Waals surface area (Å²) < 4.78 is 5.21. The zero-order chi connectivity index (χ0) is 24.2. The highest BCUT2D eigenvalue weighted by molar-refractivity contribution is 8.04. The van der Waals surface area contributed by atoms with Crippen LogP contribution in [0.25, 0.3) is 0 Å². The monoisotopic (exact) mass is 472 g/mol. The molecule has 7 heteroatoms. The van der Waals surface area contributed by atoms with Gasteiger partial charge in [-0.15, -0.1) is 0 Å². The Balaban J connectivity index is 1.66. The van der Waals surface area contributed by atoms with Crippen molar-refractivity contribution < 1.29 is 19.1 Å². The van der Waals surface area contributed by atoms with Gasteiger partial charge in [0.25, 0.3) is 11.8 Å². The van der Waals surface area contributed by atoms with E-state index in [0.717, 1.165) is 15.4 Å². The van der Waals surface area contributed by atoms with Crippen LogP contribution in [0.3, 0.4) is 0 Å². The van der Waals surface area contributed by atoms with E-state index in [1.807, 2.05) is 61.5 Å². The van der Waals surface area contributed by atoms with E-state index < -0.39 is 17.8 Å². The standard InChI is InChI=1S/C27H24N2O4S/c1-17(2)33-27(32)19-11-13-21(14-12-19)29-25(30)23(28-20-7-5-4-6-8-20)24(26(29)31)34-22-15-9-18(3)10-16-22/h4-17,28H,1-3H3. The summed E-state index contributed by atoms with van der Waals surface area (Å²) in [6.45, 7) is 5.53. The highest BCUT2D eigenvalue weighted by Gasteiger charge is 2.40. The van der Waals surface area contributed by atoms with E-state index in [0.29, 0.717) is 21.8 Å². The number of thioether (sulfide) groups is 1. The molecule has 3 aromatic carbocycles. The van der Waals surface area contributed by atoms with Crippen molar-refractivity contribution in [3.63, 3.8) is 0 Å². The van der Waals surface area contributed by atoms with Crippen LogP contribution in [-0.4, -0.2) is 23.9 Å². The molecule has 1 heterocycles. The van der Waals surface area contributed by atoms with Gasteiger partial charge in [0.2, 0.25) is 0 Å². The van der Waals surface area contributed by atoms with Crippen LogP contribution in [-0.2, 0) is 14.3 Å². The maximum absolute atomic E-state index is 13.4. The van der Waals surface area contributed by atoms with Gasteiger partial charge >= 0.3 is 5.97 Å². The molecule has 0 spiro atoms. The second-order valence-corrected chi connectivity index (χ2v) is 9.14. The van der Waals surface area contributed by atoms with Crippen molar-refractivity contribution in [3.8, 4) is 0 Å². The van der Waals surface area contributed by atoms with Gasteiger partial charge in [-0.25, -0.2) is 9.69 Å². The summed E-state index contributed by atoms with van der Waals surface area (Å²) in [5, 5.41) is 3.13. The minimum Gasteiger partial charge on any atom is -0.459 e. The van der Waals surface area contributed by atoms with Crippen molar-refractivity contribution in [2.75, 3.05) is 10.2 Å². The van der Waals surface area contributed by atoms with Gasteiger partial charge in [-0.05, 0) is 69.3 Å². The number of amides is 2. The molecule has 0 saturated carbocycles. The second kappa shape index (κ2) is 9.97. The highest BCUT2D eigenvalue weighted by Crippen LogP contribution is 2.38. The van der Waals surface area contributed by atoms with Crippen LogP contribution < -0.4 is 10.2 Å². The molecule has 1 aliphatic rings. The largest absolute Gasteiger partial charge is 0.459 e. The van der Waals surface area contributed by atoms with Gasteiger partial charge in [-0.3, -0.25) is 9.59 Å². The van der Waals surface area contributed by atoms with Crippen molar-refractivity contribution in [1.29, 1.82) is 0 Å². The Kier molecular flexibility index (Phi) is 6.84. The molecule has 1 N–H and O–H groups in total. The summed E-state index contributed by atoms with van der Waals surface area (Å²) >= 11 is 1.24. The Hall–Kier alpha value is -3.84. The van der Waals surface area contributed by atoms with Gasteiger partial charge in [0, 0.05) is 10.6 Å². The summed E-state index contributed by atoms with van der Waals surface area (Å²) in [6.07, 6.45) is -0.244. The number of aryl methyl sites for hydroxylation is 1. The van der Waals surface area contributed by atoms with Gasteiger partial charge in [-0.1, -0.05) is 47.7 Å². The van der Waals surface area contributed by atoms with Crippen LogP contribution in [0.1, 0.15) is 29.8 Å². The lowest BCUT2D eigenvalue weighted by Crippen LogP contribution is -2.32. The normalized spacial score (nSPS) is 13.6. The molecule has 0 unspecified atom stereocenters. The average Bonchev–Trinajstić information content (AvgIpc) is 3.04. The first-order valence-corrected chi connectivity index (χ1v) is 11.7. The number of imide groups is 1. The molecule has 6 nitrogen and oxygen atoms in total. The molecular formula is C27H24N2O4S. The summed E-state index contributed by atoms with van der Waals surface area (Å²) in [4.78, 5) is 41.3. The Morgan fingerprint density at radius 2 is 1.53 bits per heavy atom.